The van der Waals surface area contributed by atoms with Crippen molar-refractivity contribution in [3.63, 3.8) is 0 Å². The van der Waals surface area contributed by atoms with Crippen LogP contribution < -0.4 is 5.73 Å². The van der Waals surface area contributed by atoms with Crippen LogP contribution in [0.2, 0.25) is 0 Å². The fraction of sp³-hybridized carbons (Fsp3) is 0.861. The number of hydrogen-bond donors (Lipinski definition) is 2. The number of rotatable bonds is 7. The minimum atomic E-state index is -0.672. The SMILES string of the molecule is CC(=O)O[C@@H]1C[C@]23COC[C@](C)([C@@H]2CC[C@H]2C3=CC[C@@]3(C)[C@H](C(=O)O)[C@@](C)(C(C)C(C)C)CC[C@]23C)[C@H]1OC(=O)CC(C)N. The Labute approximate surface area is 264 Å². The van der Waals surface area contributed by atoms with Gasteiger partial charge in [0.25, 0.3) is 0 Å². The normalized spacial score (nSPS) is 46.0. The van der Waals surface area contributed by atoms with E-state index < -0.39 is 34.9 Å². The fourth-order valence-corrected chi connectivity index (χ4v) is 11.6. The van der Waals surface area contributed by atoms with Crippen LogP contribution in [0.3, 0.4) is 0 Å². The first-order valence-corrected chi connectivity index (χ1v) is 17.0. The van der Waals surface area contributed by atoms with Gasteiger partial charge in [-0.3, -0.25) is 14.4 Å². The second kappa shape index (κ2) is 11.1. The van der Waals surface area contributed by atoms with Gasteiger partial charge in [-0.25, -0.2) is 0 Å². The highest BCUT2D eigenvalue weighted by atomic mass is 16.6. The molecule has 248 valence electrons. The molecular formula is C36H57NO7. The van der Waals surface area contributed by atoms with E-state index in [9.17, 15) is 19.5 Å². The molecule has 8 heteroatoms. The number of ether oxygens (including phenoxy) is 3. The van der Waals surface area contributed by atoms with Gasteiger partial charge < -0.3 is 25.1 Å². The van der Waals surface area contributed by atoms with Gasteiger partial charge in [-0.05, 0) is 85.4 Å². The number of carboxylic acids is 1. The summed E-state index contributed by atoms with van der Waals surface area (Å²) in [6, 6.07) is -0.332. The number of allylic oxidation sites excluding steroid dienone is 1. The molecule has 3 N–H and O–H groups in total. The Morgan fingerprint density at radius 1 is 1.02 bits per heavy atom. The van der Waals surface area contributed by atoms with E-state index >= 15 is 0 Å². The Hall–Kier alpha value is -1.93. The summed E-state index contributed by atoms with van der Waals surface area (Å²) in [4.78, 5) is 38.7. The average Bonchev–Trinajstić information content (AvgIpc) is 2.90. The number of fused-ring (bicyclic) bond motifs is 3. The van der Waals surface area contributed by atoms with Crippen molar-refractivity contribution in [1.29, 1.82) is 0 Å². The molecule has 5 aliphatic rings. The Kier molecular flexibility index (Phi) is 8.44. The molecule has 2 bridgehead atoms. The zero-order valence-electron chi connectivity index (χ0n) is 28.5. The summed E-state index contributed by atoms with van der Waals surface area (Å²) < 4.78 is 18.6. The Bertz CT molecular complexity index is 1210. The van der Waals surface area contributed by atoms with Crippen molar-refractivity contribution in [2.75, 3.05) is 13.2 Å². The molecule has 3 saturated carbocycles. The van der Waals surface area contributed by atoms with Crippen LogP contribution in [-0.4, -0.2) is 54.5 Å². The Morgan fingerprint density at radius 3 is 2.30 bits per heavy atom. The third-order valence-electron chi connectivity index (χ3n) is 14.1. The summed E-state index contributed by atoms with van der Waals surface area (Å²) >= 11 is 0. The minimum absolute atomic E-state index is 0.0965. The van der Waals surface area contributed by atoms with Crippen LogP contribution in [-0.2, 0) is 28.6 Å². The molecule has 1 heterocycles. The van der Waals surface area contributed by atoms with E-state index in [1.165, 1.54) is 12.5 Å². The van der Waals surface area contributed by atoms with Crippen molar-refractivity contribution in [3.05, 3.63) is 11.6 Å². The molecule has 12 atom stereocenters. The Balaban J connectivity index is 1.59. The van der Waals surface area contributed by atoms with Gasteiger partial charge in [0.15, 0.2) is 0 Å². The van der Waals surface area contributed by atoms with Crippen LogP contribution in [0.15, 0.2) is 11.6 Å². The number of carboxylic acid groups (broad SMARTS) is 1. The minimum Gasteiger partial charge on any atom is -0.481 e. The van der Waals surface area contributed by atoms with Crippen LogP contribution in [0.25, 0.3) is 0 Å². The summed E-state index contributed by atoms with van der Waals surface area (Å²) in [7, 11) is 0. The maximum Gasteiger partial charge on any atom is 0.307 e. The molecule has 0 aromatic carbocycles. The molecule has 0 aromatic heterocycles. The van der Waals surface area contributed by atoms with Crippen LogP contribution in [0.5, 0.6) is 0 Å². The molecule has 44 heavy (non-hydrogen) atoms. The molecule has 8 nitrogen and oxygen atoms in total. The lowest BCUT2D eigenvalue weighted by Gasteiger charge is -2.71. The van der Waals surface area contributed by atoms with E-state index in [4.69, 9.17) is 19.9 Å². The van der Waals surface area contributed by atoms with E-state index in [0.717, 1.165) is 25.7 Å². The van der Waals surface area contributed by atoms with Crippen LogP contribution in [0, 0.1) is 56.7 Å². The van der Waals surface area contributed by atoms with Gasteiger partial charge in [0.1, 0.15) is 12.2 Å². The van der Waals surface area contributed by atoms with Crippen molar-refractivity contribution in [3.8, 4) is 0 Å². The summed E-state index contributed by atoms with van der Waals surface area (Å²) in [5, 5.41) is 10.9. The molecule has 4 fully saturated rings. The highest BCUT2D eigenvalue weighted by Crippen LogP contribution is 2.75. The first-order valence-electron chi connectivity index (χ1n) is 17.0. The van der Waals surface area contributed by atoms with Crippen LogP contribution >= 0.6 is 0 Å². The third kappa shape index (κ3) is 4.70. The lowest BCUT2D eigenvalue weighted by atomic mass is 9.34. The van der Waals surface area contributed by atoms with Crippen molar-refractivity contribution in [1.82, 2.24) is 0 Å². The van der Waals surface area contributed by atoms with E-state index in [-0.39, 0.29) is 58.4 Å². The number of carbonyl (C=O) groups excluding carboxylic acids is 2. The average molecular weight is 616 g/mol. The molecule has 0 aromatic rings. The van der Waals surface area contributed by atoms with Gasteiger partial charge in [-0.1, -0.05) is 60.1 Å². The lowest BCUT2D eigenvalue weighted by molar-refractivity contribution is -0.263. The standard InChI is InChI=1S/C36H57NO7/c1-20(2)22(4)32(6)14-15-34(8)24-10-11-27-33(7)18-42-19-36(27,25(24)12-13-35(34,9)29(32)31(40)41)17-26(43-23(5)38)30(33)44-28(39)16-21(3)37/h12,20-22,24,26-27,29-30H,10-11,13-19,37H2,1-9H3,(H,40,41)/t21?,22?,24-,26+,27-,29+,30-,32+,33+,34+,35-,36+/m0/s1. The van der Waals surface area contributed by atoms with E-state index in [1.54, 1.807) is 6.92 Å². The maximum absolute atomic E-state index is 13.3. The predicted octanol–water partition coefficient (Wildman–Crippen LogP) is 6.16. The zero-order chi connectivity index (χ0) is 32.6. The van der Waals surface area contributed by atoms with Crippen LogP contribution in [0.1, 0.15) is 107 Å². The summed E-state index contributed by atoms with van der Waals surface area (Å²) in [5.41, 5.74) is 5.46. The van der Waals surface area contributed by atoms with Crippen molar-refractivity contribution in [2.45, 2.75) is 126 Å². The molecule has 5 rings (SSSR count). The van der Waals surface area contributed by atoms with Gasteiger partial charge in [-0.2, -0.15) is 0 Å². The topological polar surface area (TPSA) is 125 Å². The molecule has 0 spiro atoms. The van der Waals surface area contributed by atoms with Gasteiger partial charge in [0.05, 0.1) is 25.6 Å². The lowest BCUT2D eigenvalue weighted by Crippen LogP contribution is -2.70. The molecule has 1 aliphatic heterocycles. The monoisotopic (exact) mass is 615 g/mol. The van der Waals surface area contributed by atoms with E-state index in [0.29, 0.717) is 32.0 Å². The smallest absolute Gasteiger partial charge is 0.307 e. The van der Waals surface area contributed by atoms with Gasteiger partial charge >= 0.3 is 17.9 Å². The largest absolute Gasteiger partial charge is 0.481 e. The van der Waals surface area contributed by atoms with E-state index in [2.05, 4.69) is 54.5 Å². The van der Waals surface area contributed by atoms with Crippen molar-refractivity contribution >= 4 is 17.9 Å². The number of esters is 2. The summed E-state index contributed by atoms with van der Waals surface area (Å²) in [5.74, 6) is -0.830. The highest BCUT2D eigenvalue weighted by molar-refractivity contribution is 5.73. The summed E-state index contributed by atoms with van der Waals surface area (Å²) in [6.45, 7) is 19.8. The summed E-state index contributed by atoms with van der Waals surface area (Å²) in [6.07, 6.45) is 6.24. The quantitative estimate of drug-likeness (QED) is 0.258. The maximum atomic E-state index is 13.3. The Morgan fingerprint density at radius 2 is 1.70 bits per heavy atom. The predicted molar refractivity (Wildman–Crippen MR) is 167 cm³/mol. The van der Waals surface area contributed by atoms with Crippen LogP contribution in [0.4, 0.5) is 0 Å². The number of aliphatic carboxylic acids is 1. The molecule has 0 radical (unpaired) electrons. The highest BCUT2D eigenvalue weighted by Gasteiger charge is 2.72. The fourth-order valence-electron chi connectivity index (χ4n) is 11.6. The molecule has 4 aliphatic carbocycles. The van der Waals surface area contributed by atoms with Gasteiger partial charge in [0, 0.05) is 23.8 Å². The molecular weight excluding hydrogens is 558 g/mol. The van der Waals surface area contributed by atoms with Crippen molar-refractivity contribution in [2.24, 2.45) is 62.4 Å². The first-order chi connectivity index (χ1) is 20.4. The van der Waals surface area contributed by atoms with Gasteiger partial charge in [0.2, 0.25) is 0 Å². The number of hydrogen-bond acceptors (Lipinski definition) is 7. The molecule has 2 unspecified atom stereocenters. The second-order valence-electron chi connectivity index (χ2n) is 16.8. The number of carbonyl (C=O) groups is 3. The second-order valence-corrected chi connectivity index (χ2v) is 16.8. The molecule has 0 amide bonds. The van der Waals surface area contributed by atoms with E-state index in [1.807, 2.05) is 0 Å². The first kappa shape index (κ1) is 33.4. The van der Waals surface area contributed by atoms with Gasteiger partial charge in [-0.15, -0.1) is 0 Å². The molecule has 1 saturated heterocycles. The zero-order valence-corrected chi connectivity index (χ0v) is 28.5. The third-order valence-corrected chi connectivity index (χ3v) is 14.1. The van der Waals surface area contributed by atoms with Crippen molar-refractivity contribution < 1.29 is 33.7 Å². The number of nitrogens with two attached hydrogens (primary N) is 1.